The summed E-state index contributed by atoms with van der Waals surface area (Å²) in [4.78, 5) is 14.3. The normalized spacial score (nSPS) is 28.6. The third-order valence-corrected chi connectivity index (χ3v) is 3.74. The van der Waals surface area contributed by atoms with Gasteiger partial charge >= 0.3 is 0 Å². The van der Waals surface area contributed by atoms with E-state index in [4.69, 9.17) is 0 Å². The maximum Gasteiger partial charge on any atom is 0.239 e. The topological polar surface area (TPSA) is 32.3 Å². The highest BCUT2D eigenvalue weighted by atomic mass is 16.2. The molecule has 1 unspecified atom stereocenters. The molecule has 0 aromatic heterocycles. The molecule has 1 aliphatic heterocycles. The monoisotopic (exact) mass is 224 g/mol. The van der Waals surface area contributed by atoms with Crippen LogP contribution in [0.5, 0.6) is 0 Å². The number of nitrogens with one attached hydrogen (secondary N) is 1. The number of rotatable bonds is 4. The van der Waals surface area contributed by atoms with Crippen LogP contribution in [-0.2, 0) is 4.79 Å². The Hall–Kier alpha value is -0.570. The van der Waals surface area contributed by atoms with Gasteiger partial charge < -0.3 is 10.2 Å². The number of hydrogen-bond acceptors (Lipinski definition) is 2. The molecule has 16 heavy (non-hydrogen) atoms. The van der Waals surface area contributed by atoms with E-state index in [0.717, 1.165) is 25.9 Å². The molecule has 1 N–H and O–H groups in total. The van der Waals surface area contributed by atoms with E-state index in [-0.39, 0.29) is 6.04 Å². The van der Waals surface area contributed by atoms with E-state index in [1.807, 2.05) is 0 Å². The summed E-state index contributed by atoms with van der Waals surface area (Å²) < 4.78 is 0. The summed E-state index contributed by atoms with van der Waals surface area (Å²) in [6.45, 7) is 8.44. The molecule has 92 valence electrons. The summed E-state index contributed by atoms with van der Waals surface area (Å²) in [6, 6.07) is 0.460. The Morgan fingerprint density at radius 1 is 1.50 bits per heavy atom. The number of carbonyl (C=O) groups excluding carboxylic acids is 1. The predicted octanol–water partition coefficient (Wildman–Crippen LogP) is 1.78. The van der Waals surface area contributed by atoms with Crippen LogP contribution in [0.15, 0.2) is 0 Å². The molecule has 1 saturated carbocycles. The SMILES string of the molecule is CC(C)NC1CCCN(CC2(C)CC2)C1=O. The standard InChI is InChI=1S/C13H24N2O/c1-10(2)14-11-5-4-8-15(12(11)16)9-13(3)6-7-13/h10-11,14H,4-9H2,1-3H3. The Balaban J connectivity index is 1.91. The number of hydrogen-bond donors (Lipinski definition) is 1. The first-order valence-electron chi connectivity index (χ1n) is 6.55. The zero-order valence-corrected chi connectivity index (χ0v) is 10.8. The second-order valence-corrected chi connectivity index (χ2v) is 6.09. The van der Waals surface area contributed by atoms with Crippen molar-refractivity contribution in [3.8, 4) is 0 Å². The van der Waals surface area contributed by atoms with Gasteiger partial charge in [-0.3, -0.25) is 4.79 Å². The molecular weight excluding hydrogens is 200 g/mol. The maximum atomic E-state index is 12.2. The van der Waals surface area contributed by atoms with Crippen LogP contribution in [-0.4, -0.2) is 36.0 Å². The molecule has 1 heterocycles. The minimum atomic E-state index is 0.0658. The third kappa shape index (κ3) is 2.76. The third-order valence-electron chi connectivity index (χ3n) is 3.74. The average Bonchev–Trinajstić information content (AvgIpc) is 2.90. The Bertz CT molecular complexity index is 271. The molecule has 0 spiro atoms. The van der Waals surface area contributed by atoms with E-state index >= 15 is 0 Å². The molecule has 1 amide bonds. The van der Waals surface area contributed by atoms with Crippen molar-refractivity contribution in [3.05, 3.63) is 0 Å². The van der Waals surface area contributed by atoms with Crippen molar-refractivity contribution >= 4 is 5.91 Å². The summed E-state index contributed by atoms with van der Waals surface area (Å²) in [6.07, 6.45) is 4.73. The van der Waals surface area contributed by atoms with Crippen LogP contribution in [0.3, 0.4) is 0 Å². The Morgan fingerprint density at radius 2 is 2.19 bits per heavy atom. The number of piperidine rings is 1. The summed E-state index contributed by atoms with van der Waals surface area (Å²) in [5, 5.41) is 3.38. The van der Waals surface area contributed by atoms with Gasteiger partial charge in [0.1, 0.15) is 0 Å². The fraction of sp³-hybridized carbons (Fsp3) is 0.923. The van der Waals surface area contributed by atoms with E-state index in [9.17, 15) is 4.79 Å². The van der Waals surface area contributed by atoms with Gasteiger partial charge in [0.25, 0.3) is 0 Å². The van der Waals surface area contributed by atoms with Crippen molar-refractivity contribution in [3.63, 3.8) is 0 Å². The molecule has 1 atom stereocenters. The first kappa shape index (κ1) is 11.9. The molecule has 3 nitrogen and oxygen atoms in total. The molecule has 0 bridgehead atoms. The predicted molar refractivity (Wildman–Crippen MR) is 65.2 cm³/mol. The highest BCUT2D eigenvalue weighted by Crippen LogP contribution is 2.45. The van der Waals surface area contributed by atoms with Gasteiger partial charge in [-0.2, -0.15) is 0 Å². The zero-order chi connectivity index (χ0) is 11.8. The van der Waals surface area contributed by atoms with Crippen molar-refractivity contribution in [1.29, 1.82) is 0 Å². The highest BCUT2D eigenvalue weighted by molar-refractivity contribution is 5.82. The quantitative estimate of drug-likeness (QED) is 0.789. The Labute approximate surface area is 98.6 Å². The van der Waals surface area contributed by atoms with Crippen LogP contribution in [0.4, 0.5) is 0 Å². The average molecular weight is 224 g/mol. The Kier molecular flexibility index (Phi) is 3.24. The fourth-order valence-corrected chi connectivity index (χ4v) is 2.49. The van der Waals surface area contributed by atoms with E-state index in [1.165, 1.54) is 12.8 Å². The summed E-state index contributed by atoms with van der Waals surface area (Å²) in [5.41, 5.74) is 0.440. The smallest absolute Gasteiger partial charge is 0.239 e. The molecular formula is C13H24N2O. The van der Waals surface area contributed by atoms with Gasteiger partial charge in [-0.15, -0.1) is 0 Å². The molecule has 2 fully saturated rings. The second-order valence-electron chi connectivity index (χ2n) is 6.09. The van der Waals surface area contributed by atoms with Gasteiger partial charge in [-0.1, -0.05) is 20.8 Å². The van der Waals surface area contributed by atoms with Gasteiger partial charge in [0.15, 0.2) is 0 Å². The number of likely N-dealkylation sites (tertiary alicyclic amines) is 1. The summed E-state index contributed by atoms with van der Waals surface area (Å²) in [7, 11) is 0. The molecule has 2 aliphatic rings. The van der Waals surface area contributed by atoms with Gasteiger partial charge in [0.05, 0.1) is 6.04 Å². The molecule has 0 radical (unpaired) electrons. The number of carbonyl (C=O) groups is 1. The summed E-state index contributed by atoms with van der Waals surface area (Å²) >= 11 is 0. The van der Waals surface area contributed by atoms with E-state index in [2.05, 4.69) is 31.0 Å². The van der Waals surface area contributed by atoms with Crippen molar-refractivity contribution in [1.82, 2.24) is 10.2 Å². The van der Waals surface area contributed by atoms with Crippen LogP contribution in [0, 0.1) is 5.41 Å². The van der Waals surface area contributed by atoms with E-state index in [0.29, 0.717) is 17.4 Å². The lowest BCUT2D eigenvalue weighted by Gasteiger charge is -2.35. The minimum Gasteiger partial charge on any atom is -0.341 e. The van der Waals surface area contributed by atoms with Crippen LogP contribution < -0.4 is 5.32 Å². The number of amides is 1. The lowest BCUT2D eigenvalue weighted by atomic mass is 10.0. The maximum absolute atomic E-state index is 12.2. The largest absolute Gasteiger partial charge is 0.341 e. The number of nitrogens with zero attached hydrogens (tertiary/aromatic N) is 1. The highest BCUT2D eigenvalue weighted by Gasteiger charge is 2.41. The molecule has 3 heteroatoms. The van der Waals surface area contributed by atoms with Gasteiger partial charge in [0, 0.05) is 19.1 Å². The lowest BCUT2D eigenvalue weighted by molar-refractivity contribution is -0.137. The zero-order valence-electron chi connectivity index (χ0n) is 10.8. The van der Waals surface area contributed by atoms with Gasteiger partial charge in [-0.25, -0.2) is 0 Å². The van der Waals surface area contributed by atoms with Crippen LogP contribution in [0.1, 0.15) is 46.5 Å². The first-order chi connectivity index (χ1) is 7.50. The molecule has 2 rings (SSSR count). The fourth-order valence-electron chi connectivity index (χ4n) is 2.49. The summed E-state index contributed by atoms with van der Waals surface area (Å²) in [5.74, 6) is 0.327. The van der Waals surface area contributed by atoms with Gasteiger partial charge in [-0.05, 0) is 31.1 Å². The van der Waals surface area contributed by atoms with Gasteiger partial charge in [0.2, 0.25) is 5.91 Å². The minimum absolute atomic E-state index is 0.0658. The van der Waals surface area contributed by atoms with E-state index in [1.54, 1.807) is 0 Å². The molecule has 0 aromatic carbocycles. The first-order valence-corrected chi connectivity index (χ1v) is 6.55. The molecule has 0 aromatic rings. The van der Waals surface area contributed by atoms with Crippen LogP contribution >= 0.6 is 0 Å². The van der Waals surface area contributed by atoms with Crippen molar-refractivity contribution in [2.75, 3.05) is 13.1 Å². The lowest BCUT2D eigenvalue weighted by Crippen LogP contribution is -2.53. The van der Waals surface area contributed by atoms with Crippen molar-refractivity contribution in [2.45, 2.75) is 58.5 Å². The second kappa shape index (κ2) is 4.36. The Morgan fingerprint density at radius 3 is 2.75 bits per heavy atom. The van der Waals surface area contributed by atoms with E-state index < -0.39 is 0 Å². The molecule has 1 saturated heterocycles. The van der Waals surface area contributed by atoms with Crippen LogP contribution in [0.2, 0.25) is 0 Å². The van der Waals surface area contributed by atoms with Crippen LogP contribution in [0.25, 0.3) is 0 Å². The van der Waals surface area contributed by atoms with Crippen molar-refractivity contribution in [2.24, 2.45) is 5.41 Å². The molecule has 1 aliphatic carbocycles. The van der Waals surface area contributed by atoms with Crippen molar-refractivity contribution < 1.29 is 4.79 Å².